The predicted molar refractivity (Wildman–Crippen MR) is 109 cm³/mol. The number of methoxy groups -OCH3 is 1. The van der Waals surface area contributed by atoms with Gasteiger partial charge in [0.05, 0.1) is 15.6 Å². The van der Waals surface area contributed by atoms with Crippen LogP contribution in [0.1, 0.15) is 5.56 Å². The first-order valence-corrected chi connectivity index (χ1v) is 11.2. The first-order chi connectivity index (χ1) is 11.4. The molecular weight excluding hydrogens is 481 g/mol. The zero-order valence-electron chi connectivity index (χ0n) is 13.0. The molecule has 130 valence electrons. The van der Waals surface area contributed by atoms with Gasteiger partial charge in [0.15, 0.2) is 0 Å². The molecule has 0 aliphatic heterocycles. The van der Waals surface area contributed by atoms with Gasteiger partial charge in [0.1, 0.15) is 5.75 Å². The lowest BCUT2D eigenvalue weighted by Crippen LogP contribution is -2.26. The quantitative estimate of drug-likeness (QED) is 0.439. The van der Waals surface area contributed by atoms with Crippen molar-refractivity contribution in [3.8, 4) is 5.75 Å². The summed E-state index contributed by atoms with van der Waals surface area (Å²) in [7, 11) is -1.96. The molecule has 0 unspecified atom stereocenters. The Balaban J connectivity index is 1.85. The molecule has 0 saturated carbocycles. The molecule has 0 saturated heterocycles. The van der Waals surface area contributed by atoms with E-state index in [9.17, 15) is 8.42 Å². The third kappa shape index (κ3) is 5.52. The Labute approximate surface area is 165 Å². The summed E-state index contributed by atoms with van der Waals surface area (Å²) in [4.78, 5) is 0.240. The number of benzene rings is 2. The molecule has 2 rings (SSSR count). The van der Waals surface area contributed by atoms with E-state index in [0.717, 1.165) is 19.9 Å². The number of halogens is 2. The largest absolute Gasteiger partial charge is 0.496 e. The van der Waals surface area contributed by atoms with E-state index >= 15 is 0 Å². The fourth-order valence-electron chi connectivity index (χ4n) is 1.94. The smallest absolute Gasteiger partial charge is 0.240 e. The van der Waals surface area contributed by atoms with Crippen LogP contribution in [0.5, 0.6) is 5.75 Å². The van der Waals surface area contributed by atoms with Crippen LogP contribution in [0.25, 0.3) is 0 Å². The fraction of sp³-hybridized carbons (Fsp3) is 0.250. The molecule has 1 N–H and O–H groups in total. The number of nitrogens with one attached hydrogen (secondary N) is 1. The van der Waals surface area contributed by atoms with E-state index < -0.39 is 10.0 Å². The second kappa shape index (κ2) is 9.28. The first kappa shape index (κ1) is 19.8. The molecule has 2 aromatic rings. The molecule has 0 aliphatic rings. The minimum Gasteiger partial charge on any atom is -0.496 e. The maximum absolute atomic E-state index is 12.3. The van der Waals surface area contributed by atoms with Gasteiger partial charge in [-0.15, -0.1) is 0 Å². The Bertz CT molecular complexity index is 800. The Hall–Kier alpha value is -0.480. The average Bonchev–Trinajstić information content (AvgIpc) is 2.56. The van der Waals surface area contributed by atoms with Gasteiger partial charge in [-0.2, -0.15) is 11.8 Å². The summed E-state index contributed by atoms with van der Waals surface area (Å²) in [5.74, 6) is 2.07. The van der Waals surface area contributed by atoms with Crippen LogP contribution < -0.4 is 9.46 Å². The monoisotopic (exact) mass is 497 g/mol. The van der Waals surface area contributed by atoms with Gasteiger partial charge in [-0.05, 0) is 52.4 Å². The van der Waals surface area contributed by atoms with Crippen molar-refractivity contribution in [2.75, 3.05) is 19.4 Å². The van der Waals surface area contributed by atoms with Crippen molar-refractivity contribution < 1.29 is 13.2 Å². The zero-order chi connectivity index (χ0) is 17.6. The molecule has 0 radical (unpaired) electrons. The third-order valence-electron chi connectivity index (χ3n) is 3.19. The van der Waals surface area contributed by atoms with E-state index in [1.807, 2.05) is 24.3 Å². The van der Waals surface area contributed by atoms with Crippen LogP contribution in [0.15, 0.2) is 47.4 Å². The Kier molecular flexibility index (Phi) is 7.67. The highest BCUT2D eigenvalue weighted by atomic mass is 127. The van der Waals surface area contributed by atoms with Crippen molar-refractivity contribution in [1.29, 1.82) is 0 Å². The van der Waals surface area contributed by atoms with E-state index in [4.69, 9.17) is 16.3 Å². The second-order valence-corrected chi connectivity index (χ2v) is 9.28. The van der Waals surface area contributed by atoms with Gasteiger partial charge in [-0.25, -0.2) is 13.1 Å². The molecule has 0 aliphatic carbocycles. The Morgan fingerprint density at radius 3 is 2.67 bits per heavy atom. The normalized spacial score (nSPS) is 11.5. The van der Waals surface area contributed by atoms with Crippen molar-refractivity contribution in [3.05, 3.63) is 56.6 Å². The van der Waals surface area contributed by atoms with Crippen LogP contribution in [-0.2, 0) is 15.8 Å². The molecule has 0 atom stereocenters. The first-order valence-electron chi connectivity index (χ1n) is 7.08. The highest BCUT2D eigenvalue weighted by Crippen LogP contribution is 2.24. The Morgan fingerprint density at radius 2 is 2.00 bits per heavy atom. The van der Waals surface area contributed by atoms with Crippen LogP contribution in [0.3, 0.4) is 0 Å². The summed E-state index contributed by atoms with van der Waals surface area (Å²) >= 11 is 9.78. The van der Waals surface area contributed by atoms with Crippen molar-refractivity contribution in [2.24, 2.45) is 0 Å². The molecule has 0 bridgehead atoms. The van der Waals surface area contributed by atoms with Gasteiger partial charge in [0.25, 0.3) is 0 Å². The van der Waals surface area contributed by atoms with E-state index in [1.54, 1.807) is 37.1 Å². The molecule has 0 amide bonds. The fourth-order valence-corrected chi connectivity index (χ4v) is 5.22. The Morgan fingerprint density at radius 1 is 1.25 bits per heavy atom. The zero-order valence-corrected chi connectivity index (χ0v) is 17.5. The molecule has 0 spiro atoms. The van der Waals surface area contributed by atoms with E-state index in [-0.39, 0.29) is 4.90 Å². The minimum absolute atomic E-state index is 0.240. The third-order valence-corrected chi connectivity index (χ3v) is 6.87. The van der Waals surface area contributed by atoms with Gasteiger partial charge in [-0.3, -0.25) is 0 Å². The lowest BCUT2D eigenvalue weighted by molar-refractivity contribution is 0.411. The summed E-state index contributed by atoms with van der Waals surface area (Å²) in [6, 6.07) is 12.4. The molecule has 0 heterocycles. The predicted octanol–water partition coefficient (Wildman–Crippen LogP) is 4.16. The van der Waals surface area contributed by atoms with Gasteiger partial charge < -0.3 is 4.74 Å². The summed E-state index contributed by atoms with van der Waals surface area (Å²) in [5, 5.41) is 0.735. The molecule has 0 aromatic heterocycles. The molecular formula is C16H17ClINO3S2. The van der Waals surface area contributed by atoms with E-state index in [0.29, 0.717) is 18.0 Å². The number of rotatable bonds is 8. The summed E-state index contributed by atoms with van der Waals surface area (Å²) < 4.78 is 33.1. The summed E-state index contributed by atoms with van der Waals surface area (Å²) in [6.45, 7) is 0.361. The minimum atomic E-state index is -3.51. The van der Waals surface area contributed by atoms with Crippen molar-refractivity contribution >= 4 is 56.0 Å². The highest BCUT2D eigenvalue weighted by molar-refractivity contribution is 14.1. The van der Waals surface area contributed by atoms with Gasteiger partial charge in [-0.1, -0.05) is 29.8 Å². The number of hydrogen-bond acceptors (Lipinski definition) is 4. The summed E-state index contributed by atoms with van der Waals surface area (Å²) in [6.07, 6.45) is 0. The van der Waals surface area contributed by atoms with Crippen LogP contribution in [0.2, 0.25) is 5.02 Å². The van der Waals surface area contributed by atoms with Crippen LogP contribution in [0.4, 0.5) is 0 Å². The lowest BCUT2D eigenvalue weighted by Gasteiger charge is -2.09. The van der Waals surface area contributed by atoms with Crippen LogP contribution in [0, 0.1) is 3.57 Å². The van der Waals surface area contributed by atoms with Crippen molar-refractivity contribution in [3.63, 3.8) is 0 Å². The number of ether oxygens (including phenoxy) is 1. The average molecular weight is 498 g/mol. The standard InChI is InChI=1S/C16H17ClINO3S2/c1-22-16-7-6-13(10-15(16)18)24(20,21)19-8-9-23-11-12-4-2-3-5-14(12)17/h2-7,10,19H,8-9,11H2,1H3. The molecule has 8 heteroatoms. The molecule has 2 aromatic carbocycles. The van der Waals surface area contributed by atoms with E-state index in [2.05, 4.69) is 27.3 Å². The second-order valence-electron chi connectivity index (χ2n) is 4.84. The van der Waals surface area contributed by atoms with Crippen LogP contribution >= 0.6 is 46.0 Å². The van der Waals surface area contributed by atoms with Crippen LogP contribution in [-0.4, -0.2) is 27.8 Å². The molecule has 0 fully saturated rings. The summed E-state index contributed by atoms with van der Waals surface area (Å²) in [5.41, 5.74) is 1.05. The van der Waals surface area contributed by atoms with E-state index in [1.165, 1.54) is 0 Å². The van der Waals surface area contributed by atoms with Crippen molar-refractivity contribution in [2.45, 2.75) is 10.6 Å². The lowest BCUT2D eigenvalue weighted by atomic mass is 10.2. The molecule has 24 heavy (non-hydrogen) atoms. The SMILES string of the molecule is COc1ccc(S(=O)(=O)NCCSCc2ccccc2Cl)cc1I. The number of thioether (sulfide) groups is 1. The topological polar surface area (TPSA) is 55.4 Å². The van der Waals surface area contributed by atoms with Gasteiger partial charge in [0.2, 0.25) is 10.0 Å². The van der Waals surface area contributed by atoms with Gasteiger partial charge >= 0.3 is 0 Å². The molecule has 4 nitrogen and oxygen atoms in total. The maximum atomic E-state index is 12.3. The van der Waals surface area contributed by atoms with Gasteiger partial charge in [0, 0.05) is 23.1 Å². The maximum Gasteiger partial charge on any atom is 0.240 e. The van der Waals surface area contributed by atoms with Crippen molar-refractivity contribution in [1.82, 2.24) is 4.72 Å². The number of hydrogen-bond donors (Lipinski definition) is 1. The highest BCUT2D eigenvalue weighted by Gasteiger charge is 2.15. The number of sulfonamides is 1.